The van der Waals surface area contributed by atoms with Crippen molar-refractivity contribution < 1.29 is 9.47 Å². The average molecular weight is 356 g/mol. The molecule has 3 nitrogen and oxygen atoms in total. The van der Waals surface area contributed by atoms with Crippen LogP contribution in [0.3, 0.4) is 0 Å². The predicted octanol–water partition coefficient (Wildman–Crippen LogP) is 4.49. The van der Waals surface area contributed by atoms with E-state index >= 15 is 0 Å². The first-order valence-corrected chi connectivity index (χ1v) is 8.64. The molecule has 2 rings (SSSR count). The molecule has 0 spiro atoms. The van der Waals surface area contributed by atoms with E-state index in [4.69, 9.17) is 9.47 Å². The molecule has 0 heterocycles. The Bertz CT molecular complexity index is 464. The maximum Gasteiger partial charge on any atom is 0.140 e. The molecule has 0 aliphatic heterocycles. The second-order valence-electron chi connectivity index (χ2n) is 5.72. The van der Waals surface area contributed by atoms with Gasteiger partial charge >= 0.3 is 0 Å². The van der Waals surface area contributed by atoms with Crippen LogP contribution in [0.25, 0.3) is 0 Å². The molecule has 0 amide bonds. The van der Waals surface area contributed by atoms with E-state index in [1.165, 1.54) is 37.7 Å². The molecule has 1 aromatic carbocycles. The van der Waals surface area contributed by atoms with Gasteiger partial charge in [0.2, 0.25) is 0 Å². The van der Waals surface area contributed by atoms with Gasteiger partial charge in [0, 0.05) is 6.04 Å². The Labute approximate surface area is 136 Å². The lowest BCUT2D eigenvalue weighted by molar-refractivity contribution is 0.328. The summed E-state index contributed by atoms with van der Waals surface area (Å²) >= 11 is 3.61. The number of rotatable bonds is 6. The third kappa shape index (κ3) is 3.92. The molecule has 4 heteroatoms. The van der Waals surface area contributed by atoms with Gasteiger partial charge in [-0.05, 0) is 65.7 Å². The van der Waals surface area contributed by atoms with E-state index < -0.39 is 0 Å². The Kier molecular flexibility index (Phi) is 6.37. The van der Waals surface area contributed by atoms with Gasteiger partial charge in [-0.25, -0.2) is 0 Å². The lowest BCUT2D eigenvalue weighted by Gasteiger charge is -2.31. The van der Waals surface area contributed by atoms with E-state index in [1.807, 2.05) is 6.07 Å². The Balaban J connectivity index is 2.18. The van der Waals surface area contributed by atoms with Crippen LogP contribution in [-0.4, -0.2) is 26.8 Å². The van der Waals surface area contributed by atoms with Crippen LogP contribution in [0.4, 0.5) is 0 Å². The van der Waals surface area contributed by atoms with Crippen LogP contribution in [0.2, 0.25) is 0 Å². The largest absolute Gasteiger partial charge is 0.495 e. The maximum absolute atomic E-state index is 5.64. The molecule has 0 bridgehead atoms. The molecule has 0 saturated heterocycles. The second-order valence-corrected chi connectivity index (χ2v) is 6.51. The summed E-state index contributed by atoms with van der Waals surface area (Å²) in [5.74, 6) is 2.31. The minimum Gasteiger partial charge on any atom is -0.495 e. The first-order valence-electron chi connectivity index (χ1n) is 7.85. The van der Waals surface area contributed by atoms with E-state index in [2.05, 4.69) is 34.2 Å². The third-order valence-corrected chi connectivity index (χ3v) is 5.06. The fraction of sp³-hybridized carbons (Fsp3) is 0.647. The van der Waals surface area contributed by atoms with Gasteiger partial charge in [0.1, 0.15) is 16.0 Å². The highest BCUT2D eigenvalue weighted by Crippen LogP contribution is 2.44. The SMILES string of the molecule is CCCNC1CCCC(c2ccc(OC)c(Br)c2OC)C1. The van der Waals surface area contributed by atoms with Gasteiger partial charge in [0.25, 0.3) is 0 Å². The molecule has 0 radical (unpaired) electrons. The monoisotopic (exact) mass is 355 g/mol. The topological polar surface area (TPSA) is 30.5 Å². The Morgan fingerprint density at radius 3 is 2.71 bits per heavy atom. The van der Waals surface area contributed by atoms with Gasteiger partial charge in [-0.1, -0.05) is 19.4 Å². The van der Waals surface area contributed by atoms with Crippen LogP contribution < -0.4 is 14.8 Å². The number of halogens is 1. The normalized spacial score (nSPS) is 22.1. The molecule has 1 aliphatic rings. The Hall–Kier alpha value is -0.740. The van der Waals surface area contributed by atoms with Crippen molar-refractivity contribution in [2.75, 3.05) is 20.8 Å². The highest BCUT2D eigenvalue weighted by molar-refractivity contribution is 9.10. The molecule has 21 heavy (non-hydrogen) atoms. The first-order chi connectivity index (χ1) is 10.2. The second kappa shape index (κ2) is 8.04. The molecule has 1 N–H and O–H groups in total. The maximum atomic E-state index is 5.64. The number of ether oxygens (including phenoxy) is 2. The number of nitrogens with one attached hydrogen (secondary N) is 1. The van der Waals surface area contributed by atoms with Crippen LogP contribution in [0, 0.1) is 0 Å². The van der Waals surface area contributed by atoms with Crippen molar-refractivity contribution in [2.24, 2.45) is 0 Å². The van der Waals surface area contributed by atoms with Gasteiger partial charge in [-0.2, -0.15) is 0 Å². The zero-order valence-electron chi connectivity index (χ0n) is 13.2. The molecule has 2 unspecified atom stereocenters. The van der Waals surface area contributed by atoms with E-state index in [1.54, 1.807) is 14.2 Å². The highest BCUT2D eigenvalue weighted by atomic mass is 79.9. The quantitative estimate of drug-likeness (QED) is 0.815. The number of benzene rings is 1. The van der Waals surface area contributed by atoms with Crippen molar-refractivity contribution in [2.45, 2.75) is 51.0 Å². The zero-order chi connectivity index (χ0) is 15.2. The first kappa shape index (κ1) is 16.6. The molecule has 1 aliphatic carbocycles. The molecule has 1 fully saturated rings. The molecule has 0 aromatic heterocycles. The van der Waals surface area contributed by atoms with Crippen molar-refractivity contribution in [3.8, 4) is 11.5 Å². The van der Waals surface area contributed by atoms with Crippen LogP contribution >= 0.6 is 15.9 Å². The standard InChI is InChI=1S/C17H26BrNO2/c1-4-10-19-13-7-5-6-12(11-13)14-8-9-15(20-2)16(18)17(14)21-3/h8-9,12-13,19H,4-7,10-11H2,1-3H3. The summed E-state index contributed by atoms with van der Waals surface area (Å²) in [6.07, 6.45) is 6.18. The summed E-state index contributed by atoms with van der Waals surface area (Å²) < 4.78 is 11.9. The van der Waals surface area contributed by atoms with Gasteiger partial charge < -0.3 is 14.8 Å². The molecule has 118 valence electrons. The molecule has 2 atom stereocenters. The van der Waals surface area contributed by atoms with Crippen LogP contribution in [-0.2, 0) is 0 Å². The summed E-state index contributed by atoms with van der Waals surface area (Å²) in [6.45, 7) is 3.33. The van der Waals surface area contributed by atoms with Gasteiger partial charge in [0.15, 0.2) is 0 Å². The summed E-state index contributed by atoms with van der Waals surface area (Å²) in [4.78, 5) is 0. The number of methoxy groups -OCH3 is 2. The van der Waals surface area contributed by atoms with Crippen LogP contribution in [0.5, 0.6) is 11.5 Å². The van der Waals surface area contributed by atoms with Crippen LogP contribution in [0.15, 0.2) is 16.6 Å². The molecule has 1 aromatic rings. The third-order valence-electron chi connectivity index (χ3n) is 4.31. The average Bonchev–Trinajstić information content (AvgIpc) is 2.52. The fourth-order valence-electron chi connectivity index (χ4n) is 3.25. The van der Waals surface area contributed by atoms with Gasteiger partial charge in [0.05, 0.1) is 14.2 Å². The minimum atomic E-state index is 0.560. The van der Waals surface area contributed by atoms with E-state index in [0.717, 1.165) is 22.5 Å². The molecule has 1 saturated carbocycles. The molecular formula is C17H26BrNO2. The molecular weight excluding hydrogens is 330 g/mol. The van der Waals surface area contributed by atoms with Crippen molar-refractivity contribution in [1.29, 1.82) is 0 Å². The summed E-state index contributed by atoms with van der Waals surface area (Å²) in [7, 11) is 3.42. The van der Waals surface area contributed by atoms with Crippen molar-refractivity contribution in [3.63, 3.8) is 0 Å². The lowest BCUT2D eigenvalue weighted by Crippen LogP contribution is -2.34. The summed E-state index contributed by atoms with van der Waals surface area (Å²) in [6, 6.07) is 4.83. The van der Waals surface area contributed by atoms with Crippen molar-refractivity contribution in [1.82, 2.24) is 5.32 Å². The fourth-order valence-corrected chi connectivity index (χ4v) is 3.93. The predicted molar refractivity (Wildman–Crippen MR) is 90.5 cm³/mol. The van der Waals surface area contributed by atoms with Crippen molar-refractivity contribution >= 4 is 15.9 Å². The Morgan fingerprint density at radius 1 is 1.24 bits per heavy atom. The zero-order valence-corrected chi connectivity index (χ0v) is 14.8. The lowest BCUT2D eigenvalue weighted by atomic mass is 9.81. The summed E-state index contributed by atoms with van der Waals surface area (Å²) in [5, 5.41) is 3.67. The van der Waals surface area contributed by atoms with Crippen LogP contribution in [0.1, 0.15) is 50.5 Å². The number of hydrogen-bond acceptors (Lipinski definition) is 3. The minimum absolute atomic E-state index is 0.560. The number of hydrogen-bond donors (Lipinski definition) is 1. The summed E-state index contributed by atoms with van der Waals surface area (Å²) in [5.41, 5.74) is 1.30. The van der Waals surface area contributed by atoms with Gasteiger partial charge in [-0.15, -0.1) is 0 Å². The Morgan fingerprint density at radius 2 is 2.05 bits per heavy atom. The highest BCUT2D eigenvalue weighted by Gasteiger charge is 2.26. The van der Waals surface area contributed by atoms with Gasteiger partial charge in [-0.3, -0.25) is 0 Å². The van der Waals surface area contributed by atoms with E-state index in [0.29, 0.717) is 12.0 Å². The van der Waals surface area contributed by atoms with E-state index in [9.17, 15) is 0 Å². The van der Waals surface area contributed by atoms with E-state index in [-0.39, 0.29) is 0 Å². The smallest absolute Gasteiger partial charge is 0.140 e. The van der Waals surface area contributed by atoms with Crippen molar-refractivity contribution in [3.05, 3.63) is 22.2 Å².